The maximum Gasteiger partial charge on any atom is 0.310 e. The van der Waals surface area contributed by atoms with Gasteiger partial charge in [0.15, 0.2) is 0 Å². The second-order valence-corrected chi connectivity index (χ2v) is 2.83. The van der Waals surface area contributed by atoms with E-state index in [-0.39, 0.29) is 5.97 Å². The molecular formula is C11H14O2. The fourth-order valence-corrected chi connectivity index (χ4v) is 0.997. The molecule has 0 N–H and O–H groups in total. The SMILES string of the molecule is CCC(=O)Oc1ccc(CC)cc1. The molecule has 0 fully saturated rings. The van der Waals surface area contributed by atoms with E-state index in [0.29, 0.717) is 12.2 Å². The largest absolute Gasteiger partial charge is 0.427 e. The van der Waals surface area contributed by atoms with E-state index in [1.54, 1.807) is 6.92 Å². The Morgan fingerprint density at radius 1 is 1.23 bits per heavy atom. The fraction of sp³-hybridized carbons (Fsp3) is 0.364. The number of carbonyl (C=O) groups excluding carboxylic acids is 1. The van der Waals surface area contributed by atoms with Crippen molar-refractivity contribution in [2.45, 2.75) is 26.7 Å². The molecule has 0 spiro atoms. The molecule has 0 saturated carbocycles. The van der Waals surface area contributed by atoms with Crippen molar-refractivity contribution in [1.82, 2.24) is 0 Å². The van der Waals surface area contributed by atoms with Crippen molar-refractivity contribution in [3.63, 3.8) is 0 Å². The minimum absolute atomic E-state index is 0.191. The van der Waals surface area contributed by atoms with Gasteiger partial charge in [0, 0.05) is 6.42 Å². The van der Waals surface area contributed by atoms with Gasteiger partial charge in [0.1, 0.15) is 5.75 Å². The second kappa shape index (κ2) is 4.65. The van der Waals surface area contributed by atoms with Crippen LogP contribution in [-0.4, -0.2) is 5.97 Å². The van der Waals surface area contributed by atoms with Crippen LogP contribution in [0.15, 0.2) is 24.3 Å². The summed E-state index contributed by atoms with van der Waals surface area (Å²) in [5.74, 6) is 0.438. The minimum atomic E-state index is -0.191. The topological polar surface area (TPSA) is 26.3 Å². The van der Waals surface area contributed by atoms with E-state index in [1.807, 2.05) is 24.3 Å². The highest BCUT2D eigenvalue weighted by Crippen LogP contribution is 2.12. The van der Waals surface area contributed by atoms with Gasteiger partial charge in [-0.15, -0.1) is 0 Å². The lowest BCUT2D eigenvalue weighted by Crippen LogP contribution is -2.05. The van der Waals surface area contributed by atoms with Crippen LogP contribution in [0.25, 0.3) is 0 Å². The van der Waals surface area contributed by atoms with Crippen molar-refractivity contribution in [1.29, 1.82) is 0 Å². The van der Waals surface area contributed by atoms with Gasteiger partial charge in [-0.3, -0.25) is 4.79 Å². The van der Waals surface area contributed by atoms with Crippen molar-refractivity contribution >= 4 is 5.97 Å². The molecule has 0 aliphatic heterocycles. The zero-order valence-electron chi connectivity index (χ0n) is 8.04. The monoisotopic (exact) mass is 178 g/mol. The summed E-state index contributed by atoms with van der Waals surface area (Å²) in [5.41, 5.74) is 1.25. The van der Waals surface area contributed by atoms with Gasteiger partial charge < -0.3 is 4.74 Å². The number of carbonyl (C=O) groups is 1. The average Bonchev–Trinajstić information content (AvgIpc) is 2.19. The van der Waals surface area contributed by atoms with Gasteiger partial charge in [-0.25, -0.2) is 0 Å². The van der Waals surface area contributed by atoms with Crippen LogP contribution < -0.4 is 4.74 Å². The molecule has 2 heteroatoms. The van der Waals surface area contributed by atoms with Crippen LogP contribution in [0.1, 0.15) is 25.8 Å². The molecule has 0 aliphatic rings. The van der Waals surface area contributed by atoms with Gasteiger partial charge in [-0.1, -0.05) is 26.0 Å². The molecule has 0 amide bonds. The highest BCUT2D eigenvalue weighted by atomic mass is 16.5. The molecule has 0 aliphatic carbocycles. The molecule has 70 valence electrons. The third kappa shape index (κ3) is 2.90. The molecule has 0 aromatic heterocycles. The molecule has 0 saturated heterocycles. The number of aryl methyl sites for hydroxylation is 1. The summed E-state index contributed by atoms with van der Waals surface area (Å²) in [5, 5.41) is 0. The predicted octanol–water partition coefficient (Wildman–Crippen LogP) is 2.56. The number of hydrogen-bond donors (Lipinski definition) is 0. The smallest absolute Gasteiger partial charge is 0.310 e. The highest BCUT2D eigenvalue weighted by molar-refractivity contribution is 5.71. The second-order valence-electron chi connectivity index (χ2n) is 2.83. The van der Waals surface area contributed by atoms with Crippen molar-refractivity contribution in [2.24, 2.45) is 0 Å². The lowest BCUT2D eigenvalue weighted by molar-refractivity contribution is -0.134. The third-order valence-electron chi connectivity index (χ3n) is 1.85. The van der Waals surface area contributed by atoms with Crippen LogP contribution in [-0.2, 0) is 11.2 Å². The first-order chi connectivity index (χ1) is 6.26. The quantitative estimate of drug-likeness (QED) is 0.525. The molecule has 0 heterocycles. The molecule has 0 unspecified atom stereocenters. The predicted molar refractivity (Wildman–Crippen MR) is 51.7 cm³/mol. The number of ether oxygens (including phenoxy) is 1. The Bertz CT molecular complexity index is 275. The molecule has 0 atom stereocenters. The van der Waals surface area contributed by atoms with Gasteiger partial charge >= 0.3 is 5.97 Å². The maximum atomic E-state index is 10.9. The molecule has 1 aromatic rings. The molecule has 1 rings (SSSR count). The van der Waals surface area contributed by atoms with Crippen LogP contribution in [0.4, 0.5) is 0 Å². The maximum absolute atomic E-state index is 10.9. The van der Waals surface area contributed by atoms with Gasteiger partial charge in [0.2, 0.25) is 0 Å². The Balaban J connectivity index is 2.64. The summed E-state index contributed by atoms with van der Waals surface area (Å²) in [6.07, 6.45) is 1.41. The Kier molecular flexibility index (Phi) is 3.50. The summed E-state index contributed by atoms with van der Waals surface area (Å²) < 4.78 is 5.02. The molecular weight excluding hydrogens is 164 g/mol. The van der Waals surface area contributed by atoms with Gasteiger partial charge in [-0.05, 0) is 24.1 Å². The van der Waals surface area contributed by atoms with E-state index < -0.39 is 0 Å². The summed E-state index contributed by atoms with van der Waals surface area (Å²) in [4.78, 5) is 10.9. The van der Waals surface area contributed by atoms with Crippen molar-refractivity contribution in [2.75, 3.05) is 0 Å². The van der Waals surface area contributed by atoms with E-state index in [0.717, 1.165) is 6.42 Å². The van der Waals surface area contributed by atoms with E-state index in [4.69, 9.17) is 4.74 Å². The van der Waals surface area contributed by atoms with Gasteiger partial charge in [0.05, 0.1) is 0 Å². The highest BCUT2D eigenvalue weighted by Gasteiger charge is 2.00. The Morgan fingerprint density at radius 3 is 2.31 bits per heavy atom. The van der Waals surface area contributed by atoms with Crippen molar-refractivity contribution in [3.05, 3.63) is 29.8 Å². The first kappa shape index (κ1) is 9.78. The van der Waals surface area contributed by atoms with Crippen molar-refractivity contribution < 1.29 is 9.53 Å². The number of hydrogen-bond acceptors (Lipinski definition) is 2. The number of rotatable bonds is 3. The van der Waals surface area contributed by atoms with Crippen molar-refractivity contribution in [3.8, 4) is 5.75 Å². The van der Waals surface area contributed by atoms with E-state index >= 15 is 0 Å². The summed E-state index contributed by atoms with van der Waals surface area (Å²) >= 11 is 0. The lowest BCUT2D eigenvalue weighted by Gasteiger charge is -2.02. The van der Waals surface area contributed by atoms with Crippen LogP contribution in [0, 0.1) is 0 Å². The molecule has 0 bridgehead atoms. The summed E-state index contributed by atoms with van der Waals surface area (Å²) in [7, 11) is 0. The van der Waals surface area contributed by atoms with Gasteiger partial charge in [0.25, 0.3) is 0 Å². The Hall–Kier alpha value is -1.31. The van der Waals surface area contributed by atoms with Crippen LogP contribution >= 0.6 is 0 Å². The standard InChI is InChI=1S/C11H14O2/c1-3-9-5-7-10(8-6-9)13-11(12)4-2/h5-8H,3-4H2,1-2H3. The van der Waals surface area contributed by atoms with Crippen LogP contribution in [0.3, 0.4) is 0 Å². The van der Waals surface area contributed by atoms with Crippen LogP contribution in [0.2, 0.25) is 0 Å². The summed E-state index contributed by atoms with van der Waals surface area (Å²) in [6.45, 7) is 3.87. The third-order valence-corrected chi connectivity index (χ3v) is 1.85. The fourth-order valence-electron chi connectivity index (χ4n) is 0.997. The van der Waals surface area contributed by atoms with E-state index in [9.17, 15) is 4.79 Å². The zero-order chi connectivity index (χ0) is 9.68. The summed E-state index contributed by atoms with van der Waals surface area (Å²) in [6, 6.07) is 7.59. The Labute approximate surface area is 78.5 Å². The Morgan fingerprint density at radius 2 is 1.85 bits per heavy atom. The first-order valence-electron chi connectivity index (χ1n) is 4.56. The van der Waals surface area contributed by atoms with E-state index in [2.05, 4.69) is 6.92 Å². The average molecular weight is 178 g/mol. The number of esters is 1. The van der Waals surface area contributed by atoms with E-state index in [1.165, 1.54) is 5.56 Å². The molecule has 13 heavy (non-hydrogen) atoms. The minimum Gasteiger partial charge on any atom is -0.427 e. The lowest BCUT2D eigenvalue weighted by atomic mass is 10.2. The number of benzene rings is 1. The normalized spacial score (nSPS) is 9.69. The molecule has 1 aromatic carbocycles. The first-order valence-corrected chi connectivity index (χ1v) is 4.56. The zero-order valence-corrected chi connectivity index (χ0v) is 8.04. The van der Waals surface area contributed by atoms with Crippen LogP contribution in [0.5, 0.6) is 5.75 Å². The van der Waals surface area contributed by atoms with Gasteiger partial charge in [-0.2, -0.15) is 0 Å². The molecule has 2 nitrogen and oxygen atoms in total. The molecule has 0 radical (unpaired) electrons.